The third-order valence-electron chi connectivity index (χ3n) is 3.57. The maximum absolute atomic E-state index is 4.70. The quantitative estimate of drug-likeness (QED) is 0.709. The van der Waals surface area contributed by atoms with Crippen LogP contribution >= 0.6 is 22.7 Å². The molecule has 0 unspecified atom stereocenters. The van der Waals surface area contributed by atoms with E-state index >= 15 is 0 Å². The van der Waals surface area contributed by atoms with E-state index in [-0.39, 0.29) is 0 Å². The monoisotopic (exact) mass is 284 g/mol. The molecule has 2 nitrogen and oxygen atoms in total. The van der Waals surface area contributed by atoms with Crippen LogP contribution in [0.15, 0.2) is 33.6 Å². The van der Waals surface area contributed by atoms with Gasteiger partial charge in [0.25, 0.3) is 0 Å². The van der Waals surface area contributed by atoms with Crippen molar-refractivity contribution in [3.63, 3.8) is 0 Å². The number of H-pyrrole nitrogens is 1. The second kappa shape index (κ2) is 3.92. The lowest BCUT2D eigenvalue weighted by Crippen LogP contribution is -2.14. The van der Waals surface area contributed by atoms with Gasteiger partial charge < -0.3 is 4.98 Å². The van der Waals surface area contributed by atoms with Crippen molar-refractivity contribution >= 4 is 44.5 Å². The van der Waals surface area contributed by atoms with Crippen LogP contribution in [0, 0.1) is 6.92 Å². The molecule has 0 radical (unpaired) electrons. The number of hydrogen-bond acceptors (Lipinski definition) is 3. The van der Waals surface area contributed by atoms with E-state index in [1.807, 2.05) is 0 Å². The number of nitrogens with zero attached hydrogens (tertiary/aromatic N) is 1. The van der Waals surface area contributed by atoms with Crippen LogP contribution in [0.3, 0.4) is 0 Å². The molecule has 1 aliphatic heterocycles. The highest BCUT2D eigenvalue weighted by atomic mass is 32.1. The van der Waals surface area contributed by atoms with E-state index in [0.717, 1.165) is 11.1 Å². The van der Waals surface area contributed by atoms with Crippen LogP contribution in [0.1, 0.15) is 18.2 Å². The van der Waals surface area contributed by atoms with Gasteiger partial charge in [0, 0.05) is 5.69 Å². The molecule has 0 amide bonds. The van der Waals surface area contributed by atoms with Gasteiger partial charge >= 0.3 is 0 Å². The Labute approximate surface area is 118 Å². The molecular formula is C15H12N2S2. The summed E-state index contributed by atoms with van der Waals surface area (Å²) in [5.41, 5.74) is 6.08. The summed E-state index contributed by atoms with van der Waals surface area (Å²) in [4.78, 5) is 8.18. The lowest BCUT2D eigenvalue weighted by molar-refractivity contribution is 1.32. The Morgan fingerprint density at radius 3 is 2.79 bits per heavy atom. The first-order valence-corrected chi connectivity index (χ1v) is 7.91. The van der Waals surface area contributed by atoms with Crippen molar-refractivity contribution in [1.29, 1.82) is 0 Å². The first-order chi connectivity index (χ1) is 9.24. The summed E-state index contributed by atoms with van der Waals surface area (Å²) in [6.07, 6.45) is 2.17. The summed E-state index contributed by atoms with van der Waals surface area (Å²) in [6.45, 7) is 4.32. The molecule has 1 N–H and O–H groups in total. The first kappa shape index (κ1) is 11.2. The number of allylic oxidation sites excluding steroid dienone is 1. The molecule has 0 bridgehead atoms. The largest absolute Gasteiger partial charge is 0.354 e. The van der Waals surface area contributed by atoms with Crippen molar-refractivity contribution in [3.8, 4) is 0 Å². The maximum Gasteiger partial charge on any atom is 0.0820 e. The van der Waals surface area contributed by atoms with Crippen molar-refractivity contribution in [2.45, 2.75) is 13.8 Å². The summed E-state index contributed by atoms with van der Waals surface area (Å²) in [5.74, 6) is 0. The summed E-state index contributed by atoms with van der Waals surface area (Å²) in [5, 5.41) is 5.34. The Kier molecular flexibility index (Phi) is 2.31. The maximum atomic E-state index is 4.70. The van der Waals surface area contributed by atoms with Crippen LogP contribution < -0.4 is 9.89 Å². The fraction of sp³-hybridized carbons (Fsp3) is 0.133. The number of aromatic amines is 1. The predicted molar refractivity (Wildman–Crippen MR) is 83.1 cm³/mol. The first-order valence-electron chi connectivity index (χ1n) is 6.15. The van der Waals surface area contributed by atoms with Crippen LogP contribution in [0.2, 0.25) is 0 Å². The van der Waals surface area contributed by atoms with E-state index in [1.165, 1.54) is 31.6 Å². The topological polar surface area (TPSA) is 28.1 Å². The Morgan fingerprint density at radius 1 is 1.16 bits per heavy atom. The second-order valence-corrected chi connectivity index (χ2v) is 6.56. The third-order valence-corrected chi connectivity index (χ3v) is 5.63. The number of hydrogen-bond donors (Lipinski definition) is 1. The van der Waals surface area contributed by atoms with Gasteiger partial charge in [-0.3, -0.25) is 0 Å². The standard InChI is InChI=1S/C15H12N2S2/c1-8-12(16-10-3-5-18-14(8)10)7-13-9(2)15-11(17-13)4-6-19-15/h3-7,16H,1-2H3/b13-7-. The number of nitrogens with one attached hydrogen (secondary N) is 1. The van der Waals surface area contributed by atoms with Crippen LogP contribution in [0.4, 0.5) is 0 Å². The molecule has 3 aromatic rings. The number of fused-ring (bicyclic) bond motifs is 2. The molecule has 0 saturated heterocycles. The summed E-state index contributed by atoms with van der Waals surface area (Å²) in [7, 11) is 0. The molecule has 19 heavy (non-hydrogen) atoms. The van der Waals surface area contributed by atoms with Crippen LogP contribution in [-0.2, 0) is 0 Å². The van der Waals surface area contributed by atoms with E-state index in [9.17, 15) is 0 Å². The highest BCUT2D eigenvalue weighted by molar-refractivity contribution is 7.17. The number of thiophene rings is 2. The van der Waals surface area contributed by atoms with Gasteiger partial charge in [-0.25, -0.2) is 4.99 Å². The average Bonchev–Trinajstić information content (AvgIpc) is 3.10. The van der Waals surface area contributed by atoms with Gasteiger partial charge in [0.2, 0.25) is 0 Å². The molecule has 4 heterocycles. The number of rotatable bonds is 1. The minimum absolute atomic E-state index is 1.08. The van der Waals surface area contributed by atoms with E-state index < -0.39 is 0 Å². The van der Waals surface area contributed by atoms with Crippen molar-refractivity contribution in [2.24, 2.45) is 4.99 Å². The highest BCUT2D eigenvalue weighted by Gasteiger charge is 2.12. The Bertz CT molecular complexity index is 935. The van der Waals surface area contributed by atoms with Gasteiger partial charge in [0.15, 0.2) is 0 Å². The average molecular weight is 284 g/mol. The van der Waals surface area contributed by atoms with Crippen molar-refractivity contribution in [2.75, 3.05) is 0 Å². The fourth-order valence-electron chi connectivity index (χ4n) is 2.48. The van der Waals surface area contributed by atoms with E-state index in [4.69, 9.17) is 4.99 Å². The van der Waals surface area contributed by atoms with Crippen LogP contribution in [-0.4, -0.2) is 4.98 Å². The minimum atomic E-state index is 1.08. The normalized spacial score (nSPS) is 16.3. The zero-order valence-electron chi connectivity index (χ0n) is 10.7. The van der Waals surface area contributed by atoms with Crippen molar-refractivity contribution in [1.82, 2.24) is 4.98 Å². The highest BCUT2D eigenvalue weighted by Crippen LogP contribution is 2.29. The third kappa shape index (κ3) is 1.57. The summed E-state index contributed by atoms with van der Waals surface area (Å²) in [6, 6.07) is 4.22. The van der Waals surface area contributed by atoms with E-state index in [1.54, 1.807) is 22.7 Å². The Hall–Kier alpha value is -1.65. The Morgan fingerprint density at radius 2 is 2.00 bits per heavy atom. The van der Waals surface area contributed by atoms with Gasteiger partial charge in [-0.15, -0.1) is 22.7 Å². The number of aromatic nitrogens is 1. The Balaban J connectivity index is 1.91. The molecule has 0 aliphatic carbocycles. The fourth-order valence-corrected chi connectivity index (χ4v) is 4.20. The van der Waals surface area contributed by atoms with Gasteiger partial charge in [-0.05, 0) is 54.0 Å². The van der Waals surface area contributed by atoms with Crippen LogP contribution in [0.25, 0.3) is 21.9 Å². The SMILES string of the molecule is CC1=c2sccc2=N/C1=C\c1[nH]c2ccsc2c1C. The van der Waals surface area contributed by atoms with Crippen molar-refractivity contribution in [3.05, 3.63) is 49.7 Å². The molecule has 0 aromatic carbocycles. The molecule has 0 saturated carbocycles. The smallest absolute Gasteiger partial charge is 0.0820 e. The molecule has 1 aliphatic rings. The van der Waals surface area contributed by atoms with Crippen molar-refractivity contribution < 1.29 is 0 Å². The second-order valence-electron chi connectivity index (χ2n) is 4.73. The van der Waals surface area contributed by atoms with Gasteiger partial charge in [0.05, 0.1) is 25.8 Å². The van der Waals surface area contributed by atoms with Gasteiger partial charge in [-0.1, -0.05) is 0 Å². The lowest BCUT2D eigenvalue weighted by atomic mass is 10.2. The molecule has 94 valence electrons. The summed E-state index contributed by atoms with van der Waals surface area (Å²) >= 11 is 3.55. The van der Waals surface area contributed by atoms with E-state index in [0.29, 0.717) is 0 Å². The number of aryl methyl sites for hydroxylation is 1. The molecule has 4 rings (SSSR count). The zero-order chi connectivity index (χ0) is 13.0. The molecule has 0 atom stereocenters. The van der Waals surface area contributed by atoms with Gasteiger partial charge in [-0.2, -0.15) is 0 Å². The van der Waals surface area contributed by atoms with E-state index in [2.05, 4.69) is 47.8 Å². The molecule has 0 spiro atoms. The van der Waals surface area contributed by atoms with Crippen LogP contribution in [0.5, 0.6) is 0 Å². The lowest BCUT2D eigenvalue weighted by Gasteiger charge is -1.97. The summed E-state index contributed by atoms with van der Waals surface area (Å²) < 4.78 is 2.65. The van der Waals surface area contributed by atoms with Gasteiger partial charge in [0.1, 0.15) is 0 Å². The molecule has 3 aromatic heterocycles. The minimum Gasteiger partial charge on any atom is -0.354 e. The predicted octanol–water partition coefficient (Wildman–Crippen LogP) is 3.44. The molecular weight excluding hydrogens is 272 g/mol. The zero-order valence-corrected chi connectivity index (χ0v) is 12.3. The molecule has 0 fully saturated rings. The molecule has 4 heteroatoms.